The van der Waals surface area contributed by atoms with Crippen LogP contribution in [0.3, 0.4) is 0 Å². The highest BCUT2D eigenvalue weighted by Crippen LogP contribution is 2.27. The Morgan fingerprint density at radius 1 is 1.48 bits per heavy atom. The summed E-state index contributed by atoms with van der Waals surface area (Å²) in [5, 5.41) is 4.48. The van der Waals surface area contributed by atoms with Crippen LogP contribution < -0.4 is 10.5 Å². The largest absolute Gasteiger partial charge is 0.381 e. The number of anilines is 2. The van der Waals surface area contributed by atoms with Gasteiger partial charge in [0.05, 0.1) is 10.7 Å². The molecule has 0 radical (unpaired) electrons. The molecule has 3 N–H and O–H groups in total. The van der Waals surface area contributed by atoms with Crippen molar-refractivity contribution in [3.05, 3.63) is 33.9 Å². The number of hydrogen-bond acceptors (Lipinski definition) is 4. The molecular formula is C12H14BrClN4O2S. The second kappa shape index (κ2) is 6.25. The highest BCUT2D eigenvalue weighted by Gasteiger charge is 2.21. The van der Waals surface area contributed by atoms with Crippen molar-refractivity contribution in [2.24, 2.45) is 0 Å². The van der Waals surface area contributed by atoms with Crippen molar-refractivity contribution in [1.82, 2.24) is 9.78 Å². The maximum Gasteiger partial charge on any atom is 0.267 e. The lowest BCUT2D eigenvalue weighted by molar-refractivity contribution is 0.595. The first-order valence-electron chi connectivity index (χ1n) is 6.14. The van der Waals surface area contributed by atoms with Gasteiger partial charge in [-0.15, -0.1) is 0 Å². The van der Waals surface area contributed by atoms with Gasteiger partial charge in [0.25, 0.3) is 10.0 Å². The van der Waals surface area contributed by atoms with E-state index in [2.05, 4.69) is 25.8 Å². The van der Waals surface area contributed by atoms with Gasteiger partial charge in [-0.3, -0.25) is 9.40 Å². The Hall–Kier alpha value is -1.25. The van der Waals surface area contributed by atoms with Crippen LogP contribution in [0, 0.1) is 0 Å². The number of nitrogens with one attached hydrogen (secondary N) is 1. The summed E-state index contributed by atoms with van der Waals surface area (Å²) in [4.78, 5) is -0.0398. The summed E-state index contributed by atoms with van der Waals surface area (Å²) in [5.41, 5.74) is 6.07. The highest BCUT2D eigenvalue weighted by atomic mass is 79.9. The number of sulfonamides is 1. The smallest absolute Gasteiger partial charge is 0.267 e. The van der Waals surface area contributed by atoms with Crippen LogP contribution in [0.2, 0.25) is 5.02 Å². The zero-order valence-electron chi connectivity index (χ0n) is 11.2. The number of nitrogens with two attached hydrogens (primary N) is 1. The standard InChI is InChI=1S/C12H14BrClN4O2S/c1-2-5-18-7-11(12(15)16-18)21(19,20)17-8-3-4-10(14)9(13)6-8/h3-4,6-7,17H,2,5H2,1H3,(H2,15,16). The summed E-state index contributed by atoms with van der Waals surface area (Å²) >= 11 is 9.12. The Kier molecular flexibility index (Phi) is 4.80. The molecule has 1 heterocycles. The molecule has 0 fully saturated rings. The Morgan fingerprint density at radius 3 is 2.81 bits per heavy atom. The van der Waals surface area contributed by atoms with Gasteiger partial charge >= 0.3 is 0 Å². The third-order valence-corrected chi connectivity index (χ3v) is 5.28. The van der Waals surface area contributed by atoms with E-state index in [0.29, 0.717) is 21.7 Å². The van der Waals surface area contributed by atoms with Crippen molar-refractivity contribution in [3.63, 3.8) is 0 Å². The normalized spacial score (nSPS) is 11.6. The molecule has 1 aromatic carbocycles. The number of halogens is 2. The Labute approximate surface area is 136 Å². The van der Waals surface area contributed by atoms with E-state index >= 15 is 0 Å². The van der Waals surface area contributed by atoms with Crippen molar-refractivity contribution in [1.29, 1.82) is 0 Å². The summed E-state index contributed by atoms with van der Waals surface area (Å²) in [7, 11) is -3.79. The molecule has 0 aliphatic carbocycles. The molecule has 0 saturated carbocycles. The number of benzene rings is 1. The Bertz CT molecular complexity index is 761. The number of nitrogens with zero attached hydrogens (tertiary/aromatic N) is 2. The van der Waals surface area contributed by atoms with Crippen molar-refractivity contribution in [2.75, 3.05) is 10.5 Å². The lowest BCUT2D eigenvalue weighted by atomic mass is 10.3. The molecule has 1 aromatic heterocycles. The zero-order valence-corrected chi connectivity index (χ0v) is 14.3. The fourth-order valence-corrected chi connectivity index (χ4v) is 3.36. The number of aromatic nitrogens is 2. The van der Waals surface area contributed by atoms with E-state index in [1.54, 1.807) is 18.2 Å². The molecule has 0 amide bonds. The molecule has 0 aliphatic heterocycles. The number of rotatable bonds is 5. The summed E-state index contributed by atoms with van der Waals surface area (Å²) < 4.78 is 29.2. The van der Waals surface area contributed by atoms with Crippen LogP contribution in [0.4, 0.5) is 11.5 Å². The van der Waals surface area contributed by atoms with E-state index in [1.165, 1.54) is 10.9 Å². The van der Waals surface area contributed by atoms with Gasteiger partial charge in [0.1, 0.15) is 4.90 Å². The van der Waals surface area contributed by atoms with Crippen LogP contribution >= 0.6 is 27.5 Å². The quantitative estimate of drug-likeness (QED) is 0.816. The van der Waals surface area contributed by atoms with Crippen molar-refractivity contribution < 1.29 is 8.42 Å². The number of hydrogen-bond donors (Lipinski definition) is 2. The van der Waals surface area contributed by atoms with E-state index in [0.717, 1.165) is 6.42 Å². The minimum Gasteiger partial charge on any atom is -0.381 e. The van der Waals surface area contributed by atoms with Crippen LogP contribution in [0.1, 0.15) is 13.3 Å². The monoisotopic (exact) mass is 392 g/mol. The maximum absolute atomic E-state index is 12.3. The van der Waals surface area contributed by atoms with Crippen LogP contribution in [-0.4, -0.2) is 18.2 Å². The molecule has 0 atom stereocenters. The minimum atomic E-state index is -3.79. The molecule has 2 aromatic rings. The van der Waals surface area contributed by atoms with Gasteiger partial charge in [0.2, 0.25) is 0 Å². The summed E-state index contributed by atoms with van der Waals surface area (Å²) in [6.45, 7) is 2.57. The van der Waals surface area contributed by atoms with Crippen molar-refractivity contribution in [2.45, 2.75) is 24.8 Å². The SMILES string of the molecule is CCCn1cc(S(=O)(=O)Nc2ccc(Cl)c(Br)c2)c(N)n1. The van der Waals surface area contributed by atoms with Gasteiger partial charge in [-0.05, 0) is 40.5 Å². The van der Waals surface area contributed by atoms with Crippen LogP contribution in [0.25, 0.3) is 0 Å². The predicted octanol–water partition coefficient (Wildman–Crippen LogP) is 3.09. The van der Waals surface area contributed by atoms with Crippen molar-refractivity contribution in [3.8, 4) is 0 Å². The fraction of sp³-hybridized carbons (Fsp3) is 0.250. The van der Waals surface area contributed by atoms with E-state index in [-0.39, 0.29) is 10.7 Å². The first-order chi connectivity index (χ1) is 9.83. The lowest BCUT2D eigenvalue weighted by Gasteiger charge is -2.07. The average Bonchev–Trinajstić information content (AvgIpc) is 2.76. The summed E-state index contributed by atoms with van der Waals surface area (Å²) in [6.07, 6.45) is 2.25. The molecule has 6 nitrogen and oxygen atoms in total. The highest BCUT2D eigenvalue weighted by molar-refractivity contribution is 9.10. The second-order valence-electron chi connectivity index (χ2n) is 4.38. The zero-order chi connectivity index (χ0) is 15.6. The molecule has 0 unspecified atom stereocenters. The average molecular weight is 394 g/mol. The second-order valence-corrected chi connectivity index (χ2v) is 7.29. The molecule has 0 bridgehead atoms. The third kappa shape index (κ3) is 3.69. The first-order valence-corrected chi connectivity index (χ1v) is 8.79. The van der Waals surface area contributed by atoms with Gasteiger partial charge in [-0.1, -0.05) is 18.5 Å². The van der Waals surface area contributed by atoms with Crippen LogP contribution in [0.5, 0.6) is 0 Å². The van der Waals surface area contributed by atoms with Crippen LogP contribution in [0.15, 0.2) is 33.8 Å². The van der Waals surface area contributed by atoms with Gasteiger partial charge < -0.3 is 5.73 Å². The van der Waals surface area contributed by atoms with Crippen LogP contribution in [-0.2, 0) is 16.6 Å². The number of nitrogen functional groups attached to an aromatic ring is 1. The Balaban J connectivity index is 2.31. The topological polar surface area (TPSA) is 90.0 Å². The Morgan fingerprint density at radius 2 is 2.19 bits per heavy atom. The van der Waals surface area contributed by atoms with Gasteiger partial charge in [-0.2, -0.15) is 5.10 Å². The first kappa shape index (κ1) is 16.1. The molecule has 0 spiro atoms. The van der Waals surface area contributed by atoms with Gasteiger partial charge in [0.15, 0.2) is 5.82 Å². The summed E-state index contributed by atoms with van der Waals surface area (Å²) in [6, 6.07) is 4.73. The lowest BCUT2D eigenvalue weighted by Crippen LogP contribution is -2.13. The molecular weight excluding hydrogens is 380 g/mol. The van der Waals surface area contributed by atoms with E-state index in [4.69, 9.17) is 17.3 Å². The minimum absolute atomic E-state index is 0.0241. The summed E-state index contributed by atoms with van der Waals surface area (Å²) in [5.74, 6) is -0.0241. The molecule has 114 valence electrons. The molecule has 0 aliphatic rings. The van der Waals surface area contributed by atoms with Gasteiger partial charge in [0, 0.05) is 17.2 Å². The molecule has 21 heavy (non-hydrogen) atoms. The van der Waals surface area contributed by atoms with Crippen molar-refractivity contribution >= 4 is 49.1 Å². The van der Waals surface area contributed by atoms with E-state index < -0.39 is 10.0 Å². The maximum atomic E-state index is 12.3. The molecule has 2 rings (SSSR count). The molecule has 0 saturated heterocycles. The molecule has 9 heteroatoms. The predicted molar refractivity (Wildman–Crippen MR) is 86.9 cm³/mol. The third-order valence-electron chi connectivity index (χ3n) is 2.67. The van der Waals surface area contributed by atoms with Gasteiger partial charge in [-0.25, -0.2) is 8.42 Å². The number of aryl methyl sites for hydroxylation is 1. The van der Waals surface area contributed by atoms with E-state index in [9.17, 15) is 8.42 Å². The fourth-order valence-electron chi connectivity index (χ4n) is 1.74. The van der Waals surface area contributed by atoms with E-state index in [1.807, 2.05) is 6.92 Å².